The summed E-state index contributed by atoms with van der Waals surface area (Å²) in [5.74, 6) is 0.989. The van der Waals surface area contributed by atoms with Crippen molar-refractivity contribution >= 4 is 11.7 Å². The van der Waals surface area contributed by atoms with Crippen LogP contribution in [0.25, 0.3) is 0 Å². The van der Waals surface area contributed by atoms with Crippen molar-refractivity contribution in [3.05, 3.63) is 42.1 Å². The average Bonchev–Trinajstić information content (AvgIpc) is 2.63. The van der Waals surface area contributed by atoms with Gasteiger partial charge in [0.05, 0.1) is 11.8 Å². The van der Waals surface area contributed by atoms with Gasteiger partial charge in [0.2, 0.25) is 0 Å². The van der Waals surface area contributed by atoms with E-state index >= 15 is 0 Å². The van der Waals surface area contributed by atoms with Gasteiger partial charge in [-0.25, -0.2) is 14.4 Å². The van der Waals surface area contributed by atoms with Crippen LogP contribution in [-0.2, 0) is 0 Å². The van der Waals surface area contributed by atoms with E-state index in [2.05, 4.69) is 9.97 Å². The first-order valence-electron chi connectivity index (χ1n) is 9.48. The van der Waals surface area contributed by atoms with Crippen molar-refractivity contribution in [3.8, 4) is 11.5 Å². The van der Waals surface area contributed by atoms with Gasteiger partial charge in [-0.3, -0.25) is 4.79 Å². The number of carbonyl (C=O) groups excluding carboxylic acids is 1. The molecule has 0 bridgehead atoms. The van der Waals surface area contributed by atoms with Crippen LogP contribution in [0.4, 0.5) is 10.2 Å². The number of aromatic nitrogens is 2. The Hall–Kier alpha value is -2.74. The van der Waals surface area contributed by atoms with Gasteiger partial charge in [0.15, 0.2) is 11.6 Å². The van der Waals surface area contributed by atoms with Crippen LogP contribution in [0.2, 0.25) is 0 Å². The first kappa shape index (κ1) is 20.0. The van der Waals surface area contributed by atoms with Crippen LogP contribution in [0, 0.1) is 11.7 Å². The lowest BCUT2D eigenvalue weighted by molar-refractivity contribution is 0.0713. The Bertz CT molecular complexity index is 839. The van der Waals surface area contributed by atoms with Gasteiger partial charge in [0.1, 0.15) is 17.9 Å². The number of rotatable bonds is 7. The Morgan fingerprint density at radius 1 is 1.39 bits per heavy atom. The molecule has 8 heteroatoms. The Balaban J connectivity index is 1.91. The minimum atomic E-state index is -0.492. The normalized spacial score (nSPS) is 14.1. The molecular formula is C20H26FN5O2. The van der Waals surface area contributed by atoms with Gasteiger partial charge in [-0.15, -0.1) is 0 Å². The first-order chi connectivity index (χ1) is 13.4. The average molecular weight is 387 g/mol. The zero-order valence-corrected chi connectivity index (χ0v) is 16.4. The van der Waals surface area contributed by atoms with E-state index in [9.17, 15) is 9.18 Å². The van der Waals surface area contributed by atoms with Gasteiger partial charge in [0.25, 0.3) is 5.91 Å². The van der Waals surface area contributed by atoms with Crippen molar-refractivity contribution in [1.82, 2.24) is 14.9 Å². The summed E-state index contributed by atoms with van der Waals surface area (Å²) in [4.78, 5) is 25.0. The maximum atomic E-state index is 13.9. The molecule has 1 aliphatic rings. The number of anilines is 1. The molecule has 0 unspecified atom stereocenters. The van der Waals surface area contributed by atoms with E-state index in [1.165, 1.54) is 24.5 Å². The van der Waals surface area contributed by atoms with E-state index in [0.29, 0.717) is 30.6 Å². The Kier molecular flexibility index (Phi) is 6.08. The molecular weight excluding hydrogens is 361 g/mol. The van der Waals surface area contributed by atoms with Crippen LogP contribution in [-0.4, -0.2) is 53.0 Å². The third-order valence-corrected chi connectivity index (χ3v) is 4.87. The predicted octanol–water partition coefficient (Wildman–Crippen LogP) is 2.67. The fraction of sp³-hybridized carbons (Fsp3) is 0.450. The Morgan fingerprint density at radius 3 is 2.79 bits per heavy atom. The summed E-state index contributed by atoms with van der Waals surface area (Å²) < 4.78 is 19.9. The molecule has 1 saturated heterocycles. The molecule has 1 aromatic heterocycles. The summed E-state index contributed by atoms with van der Waals surface area (Å²) >= 11 is 0. The van der Waals surface area contributed by atoms with Crippen molar-refractivity contribution in [3.63, 3.8) is 0 Å². The second-order valence-electron chi connectivity index (χ2n) is 7.14. The fourth-order valence-electron chi connectivity index (χ4n) is 3.29. The van der Waals surface area contributed by atoms with Crippen molar-refractivity contribution in [2.75, 3.05) is 31.1 Å². The van der Waals surface area contributed by atoms with Crippen molar-refractivity contribution < 1.29 is 13.9 Å². The number of nitrogens with zero attached hydrogens (tertiary/aromatic N) is 4. The summed E-state index contributed by atoms with van der Waals surface area (Å²) in [6.45, 7) is 8.44. The SMILES string of the molecule is CCN(C(=O)c1cc(F)ccc1Oc1cncnc1N1CC(CN)C1)C(C)C. The number of amides is 1. The third-order valence-electron chi connectivity index (χ3n) is 4.87. The van der Waals surface area contributed by atoms with E-state index in [1.54, 1.807) is 11.1 Å². The second kappa shape index (κ2) is 8.52. The van der Waals surface area contributed by atoms with Gasteiger partial charge >= 0.3 is 0 Å². The second-order valence-corrected chi connectivity index (χ2v) is 7.14. The Morgan fingerprint density at radius 2 is 2.14 bits per heavy atom. The smallest absolute Gasteiger partial charge is 0.257 e. The van der Waals surface area contributed by atoms with Gasteiger partial charge in [-0.2, -0.15) is 0 Å². The fourth-order valence-corrected chi connectivity index (χ4v) is 3.29. The monoisotopic (exact) mass is 387 g/mol. The third kappa shape index (κ3) is 4.06. The van der Waals surface area contributed by atoms with E-state index in [1.807, 2.05) is 25.7 Å². The first-order valence-corrected chi connectivity index (χ1v) is 9.48. The van der Waals surface area contributed by atoms with Gasteiger partial charge in [-0.1, -0.05) is 0 Å². The lowest BCUT2D eigenvalue weighted by atomic mass is 10.0. The predicted molar refractivity (Wildman–Crippen MR) is 105 cm³/mol. The Labute approximate surface area is 164 Å². The number of ether oxygens (including phenoxy) is 1. The van der Waals surface area contributed by atoms with Crippen molar-refractivity contribution in [2.45, 2.75) is 26.8 Å². The van der Waals surface area contributed by atoms with Crippen LogP contribution in [0.3, 0.4) is 0 Å². The zero-order valence-electron chi connectivity index (χ0n) is 16.4. The highest BCUT2D eigenvalue weighted by molar-refractivity contribution is 5.97. The molecule has 0 aliphatic carbocycles. The highest BCUT2D eigenvalue weighted by Crippen LogP contribution is 2.35. The molecule has 28 heavy (non-hydrogen) atoms. The molecule has 1 fully saturated rings. The molecule has 2 N–H and O–H groups in total. The molecule has 0 atom stereocenters. The van der Waals surface area contributed by atoms with Crippen LogP contribution >= 0.6 is 0 Å². The number of hydrogen-bond donors (Lipinski definition) is 1. The molecule has 1 aromatic carbocycles. The van der Waals surface area contributed by atoms with E-state index in [0.717, 1.165) is 13.1 Å². The summed E-state index contributed by atoms with van der Waals surface area (Å²) in [6.07, 6.45) is 3.00. The number of nitrogens with two attached hydrogens (primary N) is 1. The van der Waals surface area contributed by atoms with Gasteiger partial charge in [-0.05, 0) is 45.5 Å². The quantitative estimate of drug-likeness (QED) is 0.786. The van der Waals surface area contributed by atoms with Crippen LogP contribution in [0.5, 0.6) is 11.5 Å². The zero-order chi connectivity index (χ0) is 20.3. The molecule has 1 aliphatic heterocycles. The maximum absolute atomic E-state index is 13.9. The molecule has 3 rings (SSSR count). The van der Waals surface area contributed by atoms with Crippen LogP contribution < -0.4 is 15.4 Å². The minimum Gasteiger partial charge on any atom is -0.451 e. The summed E-state index contributed by atoms with van der Waals surface area (Å²) in [7, 11) is 0. The van der Waals surface area contributed by atoms with E-state index in [-0.39, 0.29) is 23.3 Å². The topological polar surface area (TPSA) is 84.6 Å². The molecule has 150 valence electrons. The molecule has 0 radical (unpaired) electrons. The number of carbonyl (C=O) groups is 1. The van der Waals surface area contributed by atoms with Crippen molar-refractivity contribution in [2.24, 2.45) is 11.7 Å². The summed E-state index contributed by atoms with van der Waals surface area (Å²) in [6, 6.07) is 3.93. The van der Waals surface area contributed by atoms with Gasteiger partial charge < -0.3 is 20.3 Å². The molecule has 0 saturated carbocycles. The number of halogens is 1. The minimum absolute atomic E-state index is 0.0153. The van der Waals surface area contributed by atoms with E-state index in [4.69, 9.17) is 10.5 Å². The standard InChI is InChI=1S/C20H26FN5O2/c1-4-26(13(2)3)20(27)16-7-15(21)5-6-17(16)28-18-9-23-12-24-19(18)25-10-14(8-22)11-25/h5-7,9,12-14H,4,8,10-11,22H2,1-3H3. The lowest BCUT2D eigenvalue weighted by Gasteiger charge is -2.39. The van der Waals surface area contributed by atoms with Gasteiger partial charge in [0, 0.05) is 31.6 Å². The number of hydrogen-bond acceptors (Lipinski definition) is 6. The summed E-state index contributed by atoms with van der Waals surface area (Å²) in [5.41, 5.74) is 5.88. The molecule has 0 spiro atoms. The van der Waals surface area contributed by atoms with Crippen LogP contribution in [0.15, 0.2) is 30.7 Å². The lowest BCUT2D eigenvalue weighted by Crippen LogP contribution is -2.50. The van der Waals surface area contributed by atoms with E-state index < -0.39 is 5.82 Å². The molecule has 2 aromatic rings. The summed E-state index contributed by atoms with van der Waals surface area (Å²) in [5, 5.41) is 0. The molecule has 7 nitrogen and oxygen atoms in total. The molecule has 2 heterocycles. The number of benzene rings is 1. The maximum Gasteiger partial charge on any atom is 0.257 e. The largest absolute Gasteiger partial charge is 0.451 e. The highest BCUT2D eigenvalue weighted by atomic mass is 19.1. The highest BCUT2D eigenvalue weighted by Gasteiger charge is 2.29. The van der Waals surface area contributed by atoms with Crippen molar-refractivity contribution in [1.29, 1.82) is 0 Å². The molecule has 1 amide bonds. The van der Waals surface area contributed by atoms with Crippen LogP contribution in [0.1, 0.15) is 31.1 Å².